The van der Waals surface area contributed by atoms with Gasteiger partial charge < -0.3 is 20.4 Å². The Hall–Kier alpha value is -2.83. The number of carbonyl (C=O) groups excluding carboxylic acids is 1. The van der Waals surface area contributed by atoms with Gasteiger partial charge in [-0.2, -0.15) is 0 Å². The van der Waals surface area contributed by atoms with Crippen LogP contribution in [0, 0.1) is 11.7 Å². The Morgan fingerprint density at radius 1 is 1.36 bits per heavy atom. The van der Waals surface area contributed by atoms with Crippen molar-refractivity contribution in [3.05, 3.63) is 47.9 Å². The zero-order valence-corrected chi connectivity index (χ0v) is 16.3. The molecule has 1 aromatic heterocycles. The van der Waals surface area contributed by atoms with Crippen LogP contribution in [0.4, 0.5) is 26.4 Å². The zero-order chi connectivity index (χ0) is 19.7. The van der Waals surface area contributed by atoms with Gasteiger partial charge in [-0.05, 0) is 37.0 Å². The Morgan fingerprint density at radius 3 is 3.00 bits per heavy atom. The van der Waals surface area contributed by atoms with Gasteiger partial charge in [0.2, 0.25) is 0 Å². The van der Waals surface area contributed by atoms with Crippen LogP contribution in [0.15, 0.2) is 36.5 Å². The van der Waals surface area contributed by atoms with Crippen LogP contribution < -0.4 is 15.5 Å². The van der Waals surface area contributed by atoms with Crippen molar-refractivity contribution in [3.63, 3.8) is 0 Å². The fourth-order valence-electron chi connectivity index (χ4n) is 4.19. The standard InChI is InChI=1S/C21H26FN5O/c1-14-9-12-27(21(28)25-17-6-4-3-5-16(17)22)13-19(14)26(2)18-8-11-24-20-15(18)7-10-23-20/h3-6,8,11,14,19H,7,9-10,12-13H2,1-2H3,(H,23,24)(H,25,28)/t14-,19?/m1/s1. The normalized spacial score (nSPS) is 21.0. The summed E-state index contributed by atoms with van der Waals surface area (Å²) >= 11 is 0. The summed E-state index contributed by atoms with van der Waals surface area (Å²) in [6.07, 6.45) is 3.70. The highest BCUT2D eigenvalue weighted by molar-refractivity contribution is 5.89. The molecule has 7 heteroatoms. The van der Waals surface area contributed by atoms with Gasteiger partial charge in [-0.1, -0.05) is 19.1 Å². The second-order valence-corrected chi connectivity index (χ2v) is 7.63. The Bertz CT molecular complexity index is 874. The Labute approximate surface area is 164 Å². The molecule has 0 radical (unpaired) electrons. The molecule has 28 heavy (non-hydrogen) atoms. The van der Waals surface area contributed by atoms with Gasteiger partial charge >= 0.3 is 6.03 Å². The molecule has 4 rings (SSSR count). The number of urea groups is 1. The third-order valence-electron chi connectivity index (χ3n) is 5.90. The molecule has 2 aliphatic rings. The lowest BCUT2D eigenvalue weighted by Crippen LogP contribution is -2.53. The molecule has 1 fully saturated rings. The summed E-state index contributed by atoms with van der Waals surface area (Å²) in [5.41, 5.74) is 2.63. The number of carbonyl (C=O) groups is 1. The number of pyridine rings is 1. The van der Waals surface area contributed by atoms with Crippen LogP contribution in [0.2, 0.25) is 0 Å². The molecule has 2 atom stereocenters. The Morgan fingerprint density at radius 2 is 2.18 bits per heavy atom. The number of likely N-dealkylation sites (N-methyl/N-ethyl adjacent to an activating group) is 1. The van der Waals surface area contributed by atoms with E-state index >= 15 is 0 Å². The third-order valence-corrected chi connectivity index (χ3v) is 5.90. The van der Waals surface area contributed by atoms with Crippen LogP contribution in [0.25, 0.3) is 0 Å². The first-order valence-corrected chi connectivity index (χ1v) is 9.79. The molecule has 1 aromatic carbocycles. The van der Waals surface area contributed by atoms with E-state index in [-0.39, 0.29) is 17.8 Å². The highest BCUT2D eigenvalue weighted by Gasteiger charge is 2.33. The van der Waals surface area contributed by atoms with E-state index in [9.17, 15) is 9.18 Å². The van der Waals surface area contributed by atoms with Crippen LogP contribution in [-0.2, 0) is 6.42 Å². The number of hydrogen-bond acceptors (Lipinski definition) is 4. The van der Waals surface area contributed by atoms with Crippen molar-refractivity contribution in [2.75, 3.05) is 42.2 Å². The van der Waals surface area contributed by atoms with Crippen molar-refractivity contribution < 1.29 is 9.18 Å². The van der Waals surface area contributed by atoms with Gasteiger partial charge in [0, 0.05) is 50.2 Å². The zero-order valence-electron chi connectivity index (χ0n) is 16.3. The lowest BCUT2D eigenvalue weighted by molar-refractivity contribution is 0.172. The highest BCUT2D eigenvalue weighted by atomic mass is 19.1. The van der Waals surface area contributed by atoms with Crippen molar-refractivity contribution in [3.8, 4) is 0 Å². The predicted molar refractivity (Wildman–Crippen MR) is 109 cm³/mol. The van der Waals surface area contributed by atoms with Crippen LogP contribution >= 0.6 is 0 Å². The number of nitrogens with zero attached hydrogens (tertiary/aromatic N) is 3. The summed E-state index contributed by atoms with van der Waals surface area (Å²) in [4.78, 5) is 21.2. The first-order chi connectivity index (χ1) is 13.5. The molecule has 148 valence electrons. The number of fused-ring (bicyclic) bond motifs is 1. The third kappa shape index (κ3) is 3.48. The predicted octanol–water partition coefficient (Wildman–Crippen LogP) is 3.57. The number of hydrogen-bond donors (Lipinski definition) is 2. The number of nitrogens with one attached hydrogen (secondary N) is 2. The lowest BCUT2D eigenvalue weighted by atomic mass is 9.92. The summed E-state index contributed by atoms with van der Waals surface area (Å²) in [7, 11) is 2.09. The minimum Gasteiger partial charge on any atom is -0.369 e. The average Bonchev–Trinajstić information content (AvgIpc) is 3.18. The molecule has 2 N–H and O–H groups in total. The Kier molecular flexibility index (Phi) is 5.07. The van der Waals surface area contributed by atoms with E-state index in [4.69, 9.17) is 0 Å². The smallest absolute Gasteiger partial charge is 0.321 e. The number of aromatic nitrogens is 1. The molecule has 1 saturated heterocycles. The molecule has 1 unspecified atom stereocenters. The number of anilines is 3. The minimum absolute atomic E-state index is 0.187. The van der Waals surface area contributed by atoms with E-state index in [1.165, 1.54) is 17.3 Å². The van der Waals surface area contributed by atoms with Crippen LogP contribution in [0.5, 0.6) is 0 Å². The molecule has 6 nitrogen and oxygen atoms in total. The molecule has 0 bridgehead atoms. The Balaban J connectivity index is 1.50. The molecular weight excluding hydrogens is 357 g/mol. The minimum atomic E-state index is -0.422. The fourth-order valence-corrected chi connectivity index (χ4v) is 4.19. The van der Waals surface area contributed by atoms with Crippen molar-refractivity contribution in [2.45, 2.75) is 25.8 Å². The maximum atomic E-state index is 13.9. The largest absolute Gasteiger partial charge is 0.369 e. The van der Waals surface area contributed by atoms with Gasteiger partial charge in [0.1, 0.15) is 11.6 Å². The van der Waals surface area contributed by atoms with Crippen molar-refractivity contribution in [1.82, 2.24) is 9.88 Å². The highest BCUT2D eigenvalue weighted by Crippen LogP contribution is 2.33. The number of likely N-dealkylation sites (tertiary alicyclic amines) is 1. The fraction of sp³-hybridized carbons (Fsp3) is 0.429. The summed E-state index contributed by atoms with van der Waals surface area (Å²) in [6, 6.07) is 8.24. The summed E-state index contributed by atoms with van der Waals surface area (Å²) in [5.74, 6) is 0.984. The van der Waals surface area contributed by atoms with Crippen molar-refractivity contribution >= 4 is 23.2 Å². The second kappa shape index (κ2) is 7.66. The first kappa shape index (κ1) is 18.5. The maximum absolute atomic E-state index is 13.9. The molecule has 0 spiro atoms. The molecule has 2 aliphatic heterocycles. The first-order valence-electron chi connectivity index (χ1n) is 9.79. The van der Waals surface area contributed by atoms with Gasteiger partial charge in [0.05, 0.1) is 5.69 Å². The molecular formula is C21H26FN5O. The van der Waals surface area contributed by atoms with E-state index in [2.05, 4.69) is 40.6 Å². The van der Waals surface area contributed by atoms with Crippen LogP contribution in [0.1, 0.15) is 18.9 Å². The lowest BCUT2D eigenvalue weighted by Gasteiger charge is -2.43. The van der Waals surface area contributed by atoms with Gasteiger partial charge in [0.25, 0.3) is 0 Å². The molecule has 0 saturated carbocycles. The molecule has 3 heterocycles. The van der Waals surface area contributed by atoms with Gasteiger partial charge in [-0.25, -0.2) is 14.2 Å². The summed E-state index contributed by atoms with van der Waals surface area (Å²) < 4.78 is 13.9. The van der Waals surface area contributed by atoms with Crippen molar-refractivity contribution in [1.29, 1.82) is 0 Å². The quantitative estimate of drug-likeness (QED) is 0.851. The van der Waals surface area contributed by atoms with Gasteiger partial charge in [-0.15, -0.1) is 0 Å². The average molecular weight is 383 g/mol. The van der Waals surface area contributed by atoms with Gasteiger partial charge in [-0.3, -0.25) is 0 Å². The van der Waals surface area contributed by atoms with Crippen molar-refractivity contribution in [2.24, 2.45) is 5.92 Å². The van der Waals surface area contributed by atoms with Gasteiger partial charge in [0.15, 0.2) is 0 Å². The van der Waals surface area contributed by atoms with E-state index in [0.717, 1.165) is 25.2 Å². The van der Waals surface area contributed by atoms with E-state index in [0.29, 0.717) is 19.0 Å². The second-order valence-electron chi connectivity index (χ2n) is 7.63. The number of halogens is 1. The monoisotopic (exact) mass is 383 g/mol. The van der Waals surface area contributed by atoms with Crippen LogP contribution in [0.3, 0.4) is 0 Å². The number of piperidine rings is 1. The number of benzene rings is 1. The van der Waals surface area contributed by atoms with E-state index in [1.54, 1.807) is 23.1 Å². The number of amides is 2. The number of rotatable bonds is 3. The summed E-state index contributed by atoms with van der Waals surface area (Å²) in [5, 5.41) is 6.03. The topological polar surface area (TPSA) is 60.5 Å². The van der Waals surface area contributed by atoms with Crippen LogP contribution in [-0.4, -0.2) is 48.6 Å². The summed E-state index contributed by atoms with van der Waals surface area (Å²) in [6.45, 7) is 4.40. The van der Waals surface area contributed by atoms with E-state index < -0.39 is 5.82 Å². The SMILES string of the molecule is C[C@@H]1CCN(C(=O)Nc2ccccc2F)CC1N(C)c1ccnc2c1CCN2. The van der Waals surface area contributed by atoms with E-state index in [1.807, 2.05) is 6.20 Å². The molecule has 0 aliphatic carbocycles. The number of para-hydroxylation sites is 1. The molecule has 2 aromatic rings. The molecule has 2 amide bonds. The maximum Gasteiger partial charge on any atom is 0.321 e.